The molecule has 0 atom stereocenters. The minimum Gasteiger partial charge on any atom is -0.374 e. The Morgan fingerprint density at radius 3 is 1.85 bits per heavy atom. The maximum absolute atomic E-state index is 11.8. The summed E-state index contributed by atoms with van der Waals surface area (Å²) in [5.74, 6) is 0. The van der Waals surface area contributed by atoms with Gasteiger partial charge in [0.05, 0.1) is 5.69 Å². The molecule has 4 heteroatoms. The number of halogens is 1. The molecule has 0 radical (unpaired) electrons. The molecule has 3 aromatic carbocycles. The maximum Gasteiger partial charge on any atom is 0.166 e. The summed E-state index contributed by atoms with van der Waals surface area (Å²) in [4.78, 5) is 4.76. The molecular formula is C22H16ClNOS. The van der Waals surface area contributed by atoms with E-state index in [-0.39, 0.29) is 0 Å². The van der Waals surface area contributed by atoms with E-state index >= 15 is 0 Å². The zero-order chi connectivity index (χ0) is 18.0. The molecule has 0 fully saturated rings. The third-order valence-corrected chi connectivity index (χ3v) is 5.54. The van der Waals surface area contributed by atoms with E-state index in [4.69, 9.17) is 16.6 Å². The summed E-state index contributed by atoms with van der Waals surface area (Å²) in [7, 11) is 0. The Morgan fingerprint density at radius 2 is 1.31 bits per heavy atom. The molecule has 0 saturated heterocycles. The molecule has 0 saturated carbocycles. The van der Waals surface area contributed by atoms with Crippen molar-refractivity contribution in [2.24, 2.45) is 0 Å². The van der Waals surface area contributed by atoms with Gasteiger partial charge in [-0.2, -0.15) is 0 Å². The van der Waals surface area contributed by atoms with E-state index in [1.807, 2.05) is 90.3 Å². The van der Waals surface area contributed by atoms with Gasteiger partial charge in [-0.1, -0.05) is 84.4 Å². The van der Waals surface area contributed by atoms with Crippen LogP contribution in [0.5, 0.6) is 0 Å². The van der Waals surface area contributed by atoms with Crippen LogP contribution in [0.3, 0.4) is 0 Å². The van der Waals surface area contributed by atoms with Crippen LogP contribution in [0.15, 0.2) is 90.3 Å². The zero-order valence-corrected chi connectivity index (χ0v) is 15.4. The van der Waals surface area contributed by atoms with Crippen molar-refractivity contribution in [3.8, 4) is 11.3 Å². The predicted octanol–water partition coefficient (Wildman–Crippen LogP) is 5.75. The van der Waals surface area contributed by atoms with Crippen LogP contribution in [-0.2, 0) is 5.60 Å². The van der Waals surface area contributed by atoms with Crippen molar-refractivity contribution >= 4 is 22.9 Å². The van der Waals surface area contributed by atoms with Gasteiger partial charge < -0.3 is 5.11 Å². The molecule has 128 valence electrons. The number of hydrogen-bond donors (Lipinski definition) is 1. The lowest BCUT2D eigenvalue weighted by atomic mass is 9.87. The minimum atomic E-state index is -1.29. The molecular weight excluding hydrogens is 362 g/mol. The highest BCUT2D eigenvalue weighted by Gasteiger charge is 2.36. The van der Waals surface area contributed by atoms with Gasteiger partial charge in [-0.15, -0.1) is 11.3 Å². The van der Waals surface area contributed by atoms with Crippen LogP contribution in [-0.4, -0.2) is 10.1 Å². The van der Waals surface area contributed by atoms with E-state index in [1.54, 1.807) is 0 Å². The first-order chi connectivity index (χ1) is 12.7. The maximum atomic E-state index is 11.8. The third kappa shape index (κ3) is 3.06. The van der Waals surface area contributed by atoms with Gasteiger partial charge in [-0.3, -0.25) is 0 Å². The van der Waals surface area contributed by atoms with E-state index in [2.05, 4.69) is 0 Å². The standard InChI is InChI=1S/C22H16ClNOS/c23-19-13-11-16(12-14-19)20-15-26-21(24-20)22(25,17-7-3-1-4-8-17)18-9-5-2-6-10-18/h1-15,25H. The average molecular weight is 378 g/mol. The normalized spacial score (nSPS) is 11.5. The monoisotopic (exact) mass is 377 g/mol. The van der Waals surface area contributed by atoms with Gasteiger partial charge in [0.25, 0.3) is 0 Å². The van der Waals surface area contributed by atoms with E-state index in [1.165, 1.54) is 11.3 Å². The first-order valence-electron chi connectivity index (χ1n) is 8.23. The van der Waals surface area contributed by atoms with E-state index in [0.717, 1.165) is 22.4 Å². The lowest BCUT2D eigenvalue weighted by Gasteiger charge is -2.27. The fraction of sp³-hybridized carbons (Fsp3) is 0.0455. The summed E-state index contributed by atoms with van der Waals surface area (Å²) in [6.07, 6.45) is 0. The second-order valence-electron chi connectivity index (χ2n) is 5.99. The van der Waals surface area contributed by atoms with Crippen molar-refractivity contribution in [2.45, 2.75) is 5.60 Å². The topological polar surface area (TPSA) is 33.1 Å². The van der Waals surface area contributed by atoms with Crippen molar-refractivity contribution in [3.05, 3.63) is 111 Å². The number of nitrogens with zero attached hydrogens (tertiary/aromatic N) is 1. The Labute approximate surface area is 161 Å². The van der Waals surface area contributed by atoms with Gasteiger partial charge in [-0.25, -0.2) is 4.98 Å². The highest BCUT2D eigenvalue weighted by molar-refractivity contribution is 7.10. The first-order valence-corrected chi connectivity index (χ1v) is 9.49. The summed E-state index contributed by atoms with van der Waals surface area (Å²) < 4.78 is 0. The van der Waals surface area contributed by atoms with Gasteiger partial charge in [-0.05, 0) is 23.3 Å². The van der Waals surface area contributed by atoms with Crippen LogP contribution in [0.25, 0.3) is 11.3 Å². The molecule has 1 heterocycles. The van der Waals surface area contributed by atoms with E-state index in [9.17, 15) is 5.11 Å². The van der Waals surface area contributed by atoms with Crippen molar-refractivity contribution in [1.82, 2.24) is 4.98 Å². The summed E-state index contributed by atoms with van der Waals surface area (Å²) in [5, 5.41) is 15.1. The molecule has 1 aromatic heterocycles. The number of thiazole rings is 1. The fourth-order valence-electron chi connectivity index (χ4n) is 2.97. The van der Waals surface area contributed by atoms with Gasteiger partial charge in [0.15, 0.2) is 5.60 Å². The van der Waals surface area contributed by atoms with Crippen LogP contribution in [0.1, 0.15) is 16.1 Å². The minimum absolute atomic E-state index is 0.639. The van der Waals surface area contributed by atoms with Gasteiger partial charge in [0.1, 0.15) is 5.01 Å². The molecule has 1 N–H and O–H groups in total. The molecule has 0 aliphatic rings. The second-order valence-corrected chi connectivity index (χ2v) is 7.28. The SMILES string of the molecule is OC(c1ccccc1)(c1ccccc1)c1nc(-c2ccc(Cl)cc2)cs1. The molecule has 2 nitrogen and oxygen atoms in total. The summed E-state index contributed by atoms with van der Waals surface area (Å²) in [6, 6.07) is 26.9. The van der Waals surface area contributed by atoms with Crippen molar-refractivity contribution in [3.63, 3.8) is 0 Å². The van der Waals surface area contributed by atoms with Gasteiger partial charge >= 0.3 is 0 Å². The van der Waals surface area contributed by atoms with Crippen LogP contribution < -0.4 is 0 Å². The number of hydrogen-bond acceptors (Lipinski definition) is 3. The molecule has 0 aliphatic heterocycles. The Morgan fingerprint density at radius 1 is 0.769 bits per heavy atom. The smallest absolute Gasteiger partial charge is 0.166 e. The number of aliphatic hydroxyl groups is 1. The van der Waals surface area contributed by atoms with Crippen LogP contribution in [0, 0.1) is 0 Å². The lowest BCUT2D eigenvalue weighted by Crippen LogP contribution is -2.28. The average Bonchev–Trinajstić information content (AvgIpc) is 3.20. The largest absolute Gasteiger partial charge is 0.374 e. The fourth-order valence-corrected chi connectivity index (χ4v) is 4.06. The molecule has 0 spiro atoms. The van der Waals surface area contributed by atoms with Crippen LogP contribution in [0.4, 0.5) is 0 Å². The van der Waals surface area contributed by atoms with Crippen molar-refractivity contribution in [1.29, 1.82) is 0 Å². The second kappa shape index (κ2) is 7.04. The molecule has 4 aromatic rings. The first kappa shape index (κ1) is 17.0. The Kier molecular flexibility index (Phi) is 4.60. The number of aromatic nitrogens is 1. The molecule has 0 unspecified atom stereocenters. The zero-order valence-electron chi connectivity index (χ0n) is 13.8. The number of rotatable bonds is 4. The van der Waals surface area contributed by atoms with E-state index in [0.29, 0.717) is 10.0 Å². The molecule has 0 bridgehead atoms. The number of benzene rings is 3. The highest BCUT2D eigenvalue weighted by atomic mass is 35.5. The summed E-state index contributed by atoms with van der Waals surface area (Å²) >= 11 is 7.43. The Hall–Kier alpha value is -2.46. The lowest BCUT2D eigenvalue weighted by molar-refractivity contribution is 0.125. The van der Waals surface area contributed by atoms with Crippen LogP contribution in [0.2, 0.25) is 5.02 Å². The third-order valence-electron chi connectivity index (χ3n) is 4.34. The van der Waals surface area contributed by atoms with Crippen molar-refractivity contribution in [2.75, 3.05) is 0 Å². The molecule has 0 amide bonds. The summed E-state index contributed by atoms with van der Waals surface area (Å²) in [5.41, 5.74) is 2.09. The Balaban J connectivity index is 1.85. The quantitative estimate of drug-likeness (QED) is 0.491. The van der Waals surface area contributed by atoms with Crippen LogP contribution >= 0.6 is 22.9 Å². The summed E-state index contributed by atoms with van der Waals surface area (Å²) in [6.45, 7) is 0. The van der Waals surface area contributed by atoms with E-state index < -0.39 is 5.60 Å². The van der Waals surface area contributed by atoms with Crippen molar-refractivity contribution < 1.29 is 5.11 Å². The highest BCUT2D eigenvalue weighted by Crippen LogP contribution is 2.39. The van der Waals surface area contributed by atoms with Gasteiger partial charge in [0.2, 0.25) is 0 Å². The molecule has 26 heavy (non-hydrogen) atoms. The predicted molar refractivity (Wildman–Crippen MR) is 108 cm³/mol. The molecule has 0 aliphatic carbocycles. The molecule has 4 rings (SSSR count). The Bertz CT molecular complexity index is 958. The van der Waals surface area contributed by atoms with Gasteiger partial charge in [0, 0.05) is 16.0 Å².